The molecule has 2 N–H and O–H groups in total. The van der Waals surface area contributed by atoms with Crippen LogP contribution in [-0.4, -0.2) is 32.2 Å². The molecule has 0 spiro atoms. The lowest BCUT2D eigenvalue weighted by molar-refractivity contribution is 0.404. The Hall–Kier alpha value is -1.14. The van der Waals surface area contributed by atoms with Crippen LogP contribution in [0.1, 0.15) is 24.2 Å². The minimum Gasteiger partial charge on any atom is -0.316 e. The average Bonchev–Trinajstić information content (AvgIpc) is 2.33. The molecule has 106 valence electrons. The van der Waals surface area contributed by atoms with Crippen molar-refractivity contribution < 1.29 is 8.42 Å². The molecule has 1 aromatic heterocycles. The van der Waals surface area contributed by atoms with Crippen LogP contribution in [0.15, 0.2) is 12.1 Å². The number of piperidine rings is 1. The molecule has 0 aromatic carbocycles. The second kappa shape index (κ2) is 5.88. The fraction of sp³-hybridized carbons (Fsp3) is 0.615. The Balaban J connectivity index is 2.03. The van der Waals surface area contributed by atoms with Gasteiger partial charge in [0.2, 0.25) is 10.0 Å². The lowest BCUT2D eigenvalue weighted by Gasteiger charge is -2.22. The molecule has 0 radical (unpaired) electrons. The second-order valence-corrected chi connectivity index (χ2v) is 6.95. The van der Waals surface area contributed by atoms with Crippen molar-refractivity contribution in [2.45, 2.75) is 26.7 Å². The predicted octanol–water partition coefficient (Wildman–Crippen LogP) is 1.44. The summed E-state index contributed by atoms with van der Waals surface area (Å²) in [4.78, 5) is 4.27. The van der Waals surface area contributed by atoms with Crippen LogP contribution in [0.2, 0.25) is 0 Å². The third-order valence-corrected chi connectivity index (χ3v) is 4.79. The van der Waals surface area contributed by atoms with E-state index in [1.165, 1.54) is 0 Å². The zero-order valence-electron chi connectivity index (χ0n) is 11.4. The van der Waals surface area contributed by atoms with E-state index in [1.807, 2.05) is 19.9 Å². The third kappa shape index (κ3) is 4.18. The Morgan fingerprint density at radius 1 is 1.42 bits per heavy atom. The molecule has 0 aliphatic carbocycles. The number of nitrogens with zero attached hydrogens (tertiary/aromatic N) is 1. The van der Waals surface area contributed by atoms with Gasteiger partial charge in [0.15, 0.2) is 0 Å². The van der Waals surface area contributed by atoms with Crippen LogP contribution in [0, 0.1) is 19.8 Å². The van der Waals surface area contributed by atoms with Crippen molar-refractivity contribution in [3.8, 4) is 0 Å². The number of anilines is 1. The fourth-order valence-electron chi connectivity index (χ4n) is 2.38. The summed E-state index contributed by atoms with van der Waals surface area (Å²) in [5.41, 5.74) is 2.18. The van der Waals surface area contributed by atoms with Crippen molar-refractivity contribution in [3.63, 3.8) is 0 Å². The van der Waals surface area contributed by atoms with Gasteiger partial charge in [-0.2, -0.15) is 0 Å². The summed E-state index contributed by atoms with van der Waals surface area (Å²) >= 11 is 0. The normalized spacial score (nSPS) is 20.2. The zero-order valence-corrected chi connectivity index (χ0v) is 12.3. The number of aromatic nitrogens is 1. The molecule has 1 fully saturated rings. The first kappa shape index (κ1) is 14.3. The molecule has 2 rings (SSSR count). The highest BCUT2D eigenvalue weighted by Crippen LogP contribution is 2.17. The van der Waals surface area contributed by atoms with E-state index in [4.69, 9.17) is 0 Å². The molecular weight excluding hydrogens is 262 g/mol. The summed E-state index contributed by atoms with van der Waals surface area (Å²) in [5, 5.41) is 3.24. The summed E-state index contributed by atoms with van der Waals surface area (Å²) in [6, 6.07) is 3.58. The molecule has 1 aromatic rings. The Labute approximate surface area is 114 Å². The first-order chi connectivity index (χ1) is 8.96. The largest absolute Gasteiger partial charge is 0.316 e. The van der Waals surface area contributed by atoms with Gasteiger partial charge in [-0.15, -0.1) is 0 Å². The highest BCUT2D eigenvalue weighted by atomic mass is 32.2. The monoisotopic (exact) mass is 283 g/mol. The minimum absolute atomic E-state index is 0.174. The van der Waals surface area contributed by atoms with Crippen molar-refractivity contribution in [1.29, 1.82) is 0 Å². The van der Waals surface area contributed by atoms with Crippen LogP contribution in [-0.2, 0) is 10.0 Å². The average molecular weight is 283 g/mol. The lowest BCUT2D eigenvalue weighted by atomic mass is 10.0. The molecule has 1 unspecified atom stereocenters. The van der Waals surface area contributed by atoms with Crippen LogP contribution < -0.4 is 10.0 Å². The van der Waals surface area contributed by atoms with E-state index in [0.717, 1.165) is 31.6 Å². The maximum atomic E-state index is 12.1. The van der Waals surface area contributed by atoms with Gasteiger partial charge >= 0.3 is 0 Å². The van der Waals surface area contributed by atoms with Crippen LogP contribution >= 0.6 is 0 Å². The number of sulfonamides is 1. The Kier molecular flexibility index (Phi) is 4.42. The van der Waals surface area contributed by atoms with Gasteiger partial charge in [-0.05, 0) is 57.8 Å². The molecule has 19 heavy (non-hydrogen) atoms. The van der Waals surface area contributed by atoms with E-state index in [9.17, 15) is 8.42 Å². The van der Waals surface area contributed by atoms with Crippen molar-refractivity contribution in [1.82, 2.24) is 10.3 Å². The van der Waals surface area contributed by atoms with Gasteiger partial charge in [-0.3, -0.25) is 9.71 Å². The van der Waals surface area contributed by atoms with Gasteiger partial charge in [0.25, 0.3) is 0 Å². The highest BCUT2D eigenvalue weighted by molar-refractivity contribution is 7.92. The summed E-state index contributed by atoms with van der Waals surface area (Å²) in [6.45, 7) is 5.48. The minimum atomic E-state index is -3.30. The van der Waals surface area contributed by atoms with E-state index in [-0.39, 0.29) is 11.7 Å². The highest BCUT2D eigenvalue weighted by Gasteiger charge is 2.21. The predicted molar refractivity (Wildman–Crippen MR) is 76.7 cm³/mol. The van der Waals surface area contributed by atoms with Crippen LogP contribution in [0.5, 0.6) is 0 Å². The molecule has 6 heteroatoms. The SMILES string of the molecule is Cc1ccc(NS(=O)(=O)CC2CCCNC2)c(C)n1. The second-order valence-electron chi connectivity index (χ2n) is 5.18. The third-order valence-electron chi connectivity index (χ3n) is 3.34. The molecular formula is C13H21N3O2S. The summed E-state index contributed by atoms with van der Waals surface area (Å²) < 4.78 is 26.9. The molecule has 2 heterocycles. The Bertz CT molecular complexity index is 537. The van der Waals surface area contributed by atoms with Crippen molar-refractivity contribution in [3.05, 3.63) is 23.5 Å². The van der Waals surface area contributed by atoms with Gasteiger partial charge in [0.05, 0.1) is 17.1 Å². The summed E-state index contributed by atoms with van der Waals surface area (Å²) in [5.74, 6) is 0.373. The topological polar surface area (TPSA) is 71.1 Å². The summed E-state index contributed by atoms with van der Waals surface area (Å²) in [7, 11) is -3.30. The van der Waals surface area contributed by atoms with Crippen LogP contribution in [0.4, 0.5) is 5.69 Å². The molecule has 1 saturated heterocycles. The fourth-order valence-corrected chi connectivity index (χ4v) is 3.92. The lowest BCUT2D eigenvalue weighted by Crippen LogP contribution is -2.35. The number of hydrogen-bond acceptors (Lipinski definition) is 4. The maximum absolute atomic E-state index is 12.1. The molecule has 0 amide bonds. The van der Waals surface area contributed by atoms with Gasteiger partial charge < -0.3 is 5.32 Å². The molecule has 0 bridgehead atoms. The van der Waals surface area contributed by atoms with E-state index < -0.39 is 10.0 Å². The van der Waals surface area contributed by atoms with Crippen LogP contribution in [0.3, 0.4) is 0 Å². The molecule has 1 aliphatic rings. The van der Waals surface area contributed by atoms with E-state index in [0.29, 0.717) is 11.4 Å². The number of aryl methyl sites for hydroxylation is 2. The summed E-state index contributed by atoms with van der Waals surface area (Å²) in [6.07, 6.45) is 2.02. The first-order valence-electron chi connectivity index (χ1n) is 6.62. The van der Waals surface area contributed by atoms with Gasteiger partial charge in [0, 0.05) is 5.69 Å². The molecule has 1 atom stereocenters. The first-order valence-corrected chi connectivity index (χ1v) is 8.27. The number of rotatable bonds is 4. The van der Waals surface area contributed by atoms with Crippen LogP contribution in [0.25, 0.3) is 0 Å². The number of pyridine rings is 1. The van der Waals surface area contributed by atoms with Gasteiger partial charge in [-0.1, -0.05) is 0 Å². The molecule has 5 nitrogen and oxygen atoms in total. The van der Waals surface area contributed by atoms with E-state index >= 15 is 0 Å². The standard InChI is InChI=1S/C13H21N3O2S/c1-10-5-6-13(11(2)15-10)16-19(17,18)9-12-4-3-7-14-8-12/h5-6,12,14,16H,3-4,7-9H2,1-2H3. The smallest absolute Gasteiger partial charge is 0.233 e. The molecule has 0 saturated carbocycles. The molecule has 1 aliphatic heterocycles. The van der Waals surface area contributed by atoms with Crippen molar-refractivity contribution in [2.75, 3.05) is 23.6 Å². The van der Waals surface area contributed by atoms with E-state index in [1.54, 1.807) is 6.07 Å². The van der Waals surface area contributed by atoms with Crippen molar-refractivity contribution >= 4 is 15.7 Å². The maximum Gasteiger partial charge on any atom is 0.233 e. The zero-order chi connectivity index (χ0) is 13.9. The Morgan fingerprint density at radius 3 is 2.84 bits per heavy atom. The van der Waals surface area contributed by atoms with Gasteiger partial charge in [0.1, 0.15) is 0 Å². The number of nitrogens with one attached hydrogen (secondary N) is 2. The van der Waals surface area contributed by atoms with Gasteiger partial charge in [-0.25, -0.2) is 8.42 Å². The van der Waals surface area contributed by atoms with Crippen molar-refractivity contribution in [2.24, 2.45) is 5.92 Å². The van der Waals surface area contributed by atoms with E-state index in [2.05, 4.69) is 15.0 Å². The quantitative estimate of drug-likeness (QED) is 0.877. The Morgan fingerprint density at radius 2 is 2.21 bits per heavy atom. The number of hydrogen-bond donors (Lipinski definition) is 2.